The van der Waals surface area contributed by atoms with E-state index in [0.717, 1.165) is 6.32 Å². The zero-order valence-corrected chi connectivity index (χ0v) is 5.36. The van der Waals surface area contributed by atoms with E-state index in [4.69, 9.17) is 0 Å². The van der Waals surface area contributed by atoms with Gasteiger partial charge in [0.1, 0.15) is 0 Å². The first-order valence-electron chi connectivity index (χ1n) is 2.85. The van der Waals surface area contributed by atoms with Crippen LogP contribution in [0.15, 0.2) is 0 Å². The summed E-state index contributed by atoms with van der Waals surface area (Å²) in [7, 11) is 2.07. The molecule has 1 nitrogen and oxygen atoms in total. The van der Waals surface area contributed by atoms with Crippen molar-refractivity contribution >= 4 is 7.41 Å². The van der Waals surface area contributed by atoms with Gasteiger partial charge in [-0.25, -0.2) is 0 Å². The van der Waals surface area contributed by atoms with Gasteiger partial charge in [-0.2, -0.15) is 0 Å². The van der Waals surface area contributed by atoms with Crippen LogP contribution in [0.1, 0.15) is 20.8 Å². The fraction of sp³-hybridized carbons (Fsp3) is 1.00. The zero-order valence-electron chi connectivity index (χ0n) is 5.36. The minimum atomic E-state index is 0.597. The van der Waals surface area contributed by atoms with Gasteiger partial charge in [-0.3, -0.25) is 0 Å². The highest BCUT2D eigenvalue weighted by molar-refractivity contribution is 6.31. The Morgan fingerprint density at radius 1 is 1.57 bits per heavy atom. The zero-order chi connectivity index (χ0) is 5.70. The topological polar surface area (TPSA) is 12.0 Å². The molecule has 0 aromatic carbocycles. The summed E-state index contributed by atoms with van der Waals surface area (Å²) in [6.45, 7) is 6.38. The maximum Gasteiger partial charge on any atom is 0.205 e. The summed E-state index contributed by atoms with van der Waals surface area (Å²) in [5, 5.41) is 3.17. The Morgan fingerprint density at radius 3 is 2.29 bits per heavy atom. The van der Waals surface area contributed by atoms with Gasteiger partial charge in [0.15, 0.2) is 0 Å². The van der Waals surface area contributed by atoms with E-state index in [1.54, 1.807) is 0 Å². The molecule has 0 saturated carbocycles. The number of rotatable bonds is 3. The van der Waals surface area contributed by atoms with Crippen LogP contribution in [0.4, 0.5) is 0 Å². The van der Waals surface area contributed by atoms with Gasteiger partial charge in [-0.15, -0.1) is 0 Å². The van der Waals surface area contributed by atoms with Crippen LogP contribution in [0, 0.1) is 0 Å². The molecule has 0 spiro atoms. The Morgan fingerprint density at radius 2 is 2.14 bits per heavy atom. The summed E-state index contributed by atoms with van der Waals surface area (Å²) in [6, 6.07) is 0.597. The summed E-state index contributed by atoms with van der Waals surface area (Å²) >= 11 is 0. The molecule has 0 aromatic rings. The maximum atomic E-state index is 3.17. The molecule has 0 aliphatic carbocycles. The van der Waals surface area contributed by atoms with Crippen molar-refractivity contribution < 1.29 is 0 Å². The largest absolute Gasteiger partial charge is 0.358 e. The van der Waals surface area contributed by atoms with Gasteiger partial charge in [0.2, 0.25) is 7.41 Å². The molecular weight excluding hydrogens is 84.9 g/mol. The van der Waals surface area contributed by atoms with Crippen molar-refractivity contribution in [2.45, 2.75) is 33.1 Å². The first-order chi connectivity index (χ1) is 3.27. The molecule has 0 aliphatic heterocycles. The van der Waals surface area contributed by atoms with Crippen LogP contribution in [0.5, 0.6) is 0 Å². The molecule has 1 N–H and O–H groups in total. The van der Waals surface area contributed by atoms with Crippen molar-refractivity contribution in [1.82, 2.24) is 5.23 Å². The molecule has 0 aliphatic rings. The number of hydrogen-bond donors (Lipinski definition) is 1. The first kappa shape index (κ1) is 7.02. The van der Waals surface area contributed by atoms with Gasteiger partial charge >= 0.3 is 0 Å². The van der Waals surface area contributed by atoms with E-state index in [1.807, 2.05) is 0 Å². The fourth-order valence-corrected chi connectivity index (χ4v) is 0.354. The Bertz CT molecular complexity index is 37.1. The van der Waals surface area contributed by atoms with E-state index < -0.39 is 0 Å². The van der Waals surface area contributed by atoms with Crippen molar-refractivity contribution in [2.24, 2.45) is 0 Å². The molecule has 0 rings (SSSR count). The molecule has 1 radical (unpaired) electrons. The molecule has 0 fully saturated rings. The fourth-order valence-electron chi connectivity index (χ4n) is 0.354. The predicted molar refractivity (Wildman–Crippen MR) is 34.5 cm³/mol. The second-order valence-electron chi connectivity index (χ2n) is 1.93. The van der Waals surface area contributed by atoms with Gasteiger partial charge in [0, 0.05) is 0 Å². The molecule has 7 heavy (non-hydrogen) atoms. The lowest BCUT2D eigenvalue weighted by molar-refractivity contribution is 0.751. The van der Waals surface area contributed by atoms with E-state index in [2.05, 4.69) is 33.4 Å². The third kappa shape index (κ3) is 6.02. The molecule has 2 heteroatoms. The van der Waals surface area contributed by atoms with Crippen molar-refractivity contribution in [1.29, 1.82) is 0 Å². The lowest BCUT2D eigenvalue weighted by Gasteiger charge is -2.02. The quantitative estimate of drug-likeness (QED) is 0.520. The van der Waals surface area contributed by atoms with E-state index in [-0.39, 0.29) is 0 Å². The van der Waals surface area contributed by atoms with E-state index in [0.29, 0.717) is 6.04 Å². The predicted octanol–water partition coefficient (Wildman–Crippen LogP) is 1.04. The second-order valence-corrected chi connectivity index (χ2v) is 1.93. The molecule has 0 saturated heterocycles. The van der Waals surface area contributed by atoms with Crippen molar-refractivity contribution in [2.75, 3.05) is 0 Å². The molecule has 0 bridgehead atoms. The summed E-state index contributed by atoms with van der Waals surface area (Å²) in [6.07, 6.45) is 1.11. The summed E-state index contributed by atoms with van der Waals surface area (Å²) < 4.78 is 0. The number of nitrogens with one attached hydrogen (secondary N) is 1. The van der Waals surface area contributed by atoms with E-state index in [1.165, 1.54) is 0 Å². The van der Waals surface area contributed by atoms with Crippen LogP contribution >= 0.6 is 0 Å². The Labute approximate surface area is 46.8 Å². The highest BCUT2D eigenvalue weighted by atomic mass is 14.8. The SMILES string of the molecule is CC[B]NC(C)C. The summed E-state index contributed by atoms with van der Waals surface area (Å²) in [4.78, 5) is 0. The van der Waals surface area contributed by atoms with Crippen molar-refractivity contribution in [3.8, 4) is 0 Å². The summed E-state index contributed by atoms with van der Waals surface area (Å²) in [5.74, 6) is 0. The molecule has 0 aromatic heterocycles. The van der Waals surface area contributed by atoms with Gasteiger partial charge in [-0.1, -0.05) is 27.1 Å². The average Bonchev–Trinajstić information content (AvgIpc) is 1.61. The normalized spacial score (nSPS) is 9.71. The van der Waals surface area contributed by atoms with Crippen LogP contribution in [-0.4, -0.2) is 13.5 Å². The number of hydrogen-bond acceptors (Lipinski definition) is 1. The van der Waals surface area contributed by atoms with Gasteiger partial charge in [0.25, 0.3) is 0 Å². The van der Waals surface area contributed by atoms with E-state index >= 15 is 0 Å². The van der Waals surface area contributed by atoms with Crippen LogP contribution in [0.25, 0.3) is 0 Å². The minimum Gasteiger partial charge on any atom is -0.358 e. The summed E-state index contributed by atoms with van der Waals surface area (Å²) in [5.41, 5.74) is 0. The maximum absolute atomic E-state index is 3.17. The van der Waals surface area contributed by atoms with Crippen molar-refractivity contribution in [3.05, 3.63) is 0 Å². The van der Waals surface area contributed by atoms with Crippen LogP contribution in [0.3, 0.4) is 0 Å². The van der Waals surface area contributed by atoms with Crippen LogP contribution in [-0.2, 0) is 0 Å². The Hall–Kier alpha value is 0.0249. The first-order valence-corrected chi connectivity index (χ1v) is 2.85. The third-order valence-corrected chi connectivity index (χ3v) is 0.655. The molecular formula is C5H13BN. The van der Waals surface area contributed by atoms with Gasteiger partial charge in [0.05, 0.1) is 0 Å². The van der Waals surface area contributed by atoms with E-state index in [9.17, 15) is 0 Å². The van der Waals surface area contributed by atoms with Crippen LogP contribution < -0.4 is 5.23 Å². The van der Waals surface area contributed by atoms with Crippen molar-refractivity contribution in [3.63, 3.8) is 0 Å². The standard InChI is InChI=1S/C5H13BN/c1-4-6-7-5(2)3/h5,7H,4H2,1-3H3. The molecule has 0 atom stereocenters. The Kier molecular flexibility index (Phi) is 4.21. The molecule has 41 valence electrons. The van der Waals surface area contributed by atoms with Crippen LogP contribution in [0.2, 0.25) is 6.32 Å². The minimum absolute atomic E-state index is 0.597. The monoisotopic (exact) mass is 98.1 g/mol. The second kappa shape index (κ2) is 4.19. The highest BCUT2D eigenvalue weighted by Crippen LogP contribution is 1.74. The smallest absolute Gasteiger partial charge is 0.205 e. The Balaban J connectivity index is 2.68. The lowest BCUT2D eigenvalue weighted by Crippen LogP contribution is -2.25. The molecule has 0 heterocycles. The van der Waals surface area contributed by atoms with Gasteiger partial charge < -0.3 is 5.23 Å². The lowest BCUT2D eigenvalue weighted by atomic mass is 9.90. The third-order valence-electron chi connectivity index (χ3n) is 0.655. The molecule has 0 unspecified atom stereocenters. The van der Waals surface area contributed by atoms with Gasteiger partial charge in [-0.05, 0) is 6.04 Å². The molecule has 0 amide bonds. The average molecular weight is 98.0 g/mol. The highest BCUT2D eigenvalue weighted by Gasteiger charge is 1.87.